The quantitative estimate of drug-likeness (QED) is 0.663. The van der Waals surface area contributed by atoms with Gasteiger partial charge in [0.15, 0.2) is 6.10 Å². The van der Waals surface area contributed by atoms with Gasteiger partial charge in [0.1, 0.15) is 0 Å². The van der Waals surface area contributed by atoms with Crippen molar-refractivity contribution in [1.29, 1.82) is 0 Å². The molecule has 0 aliphatic carbocycles. The van der Waals surface area contributed by atoms with Crippen LogP contribution in [0.5, 0.6) is 0 Å². The van der Waals surface area contributed by atoms with E-state index in [0.717, 1.165) is 3.57 Å². The molecule has 0 heterocycles. The first-order valence-electron chi connectivity index (χ1n) is 5.19. The van der Waals surface area contributed by atoms with Crippen molar-refractivity contribution in [3.8, 4) is 0 Å². The summed E-state index contributed by atoms with van der Waals surface area (Å²) in [5.41, 5.74) is 0.590. The number of benzene rings is 1. The second kappa shape index (κ2) is 7.51. The third-order valence-corrected chi connectivity index (χ3v) is 3.31. The molecule has 104 valence electrons. The third kappa shape index (κ3) is 5.21. The average molecular weight is 399 g/mol. The minimum absolute atomic E-state index is 0.123. The van der Waals surface area contributed by atoms with E-state index in [9.17, 15) is 9.59 Å². The van der Waals surface area contributed by atoms with Crippen LogP contribution in [0.3, 0.4) is 0 Å². The number of rotatable bonds is 5. The maximum Gasteiger partial charge on any atom is 0.334 e. The second-order valence-corrected chi connectivity index (χ2v) is 5.12. The molecule has 0 aliphatic rings. The largest absolute Gasteiger partial charge is 0.479 e. The van der Waals surface area contributed by atoms with Gasteiger partial charge in [-0.15, -0.1) is 0 Å². The van der Waals surface area contributed by atoms with Gasteiger partial charge in [-0.25, -0.2) is 9.59 Å². The molecule has 0 spiro atoms. The minimum Gasteiger partial charge on any atom is -0.479 e. The molecule has 6 nitrogen and oxygen atoms in total. The molecule has 0 saturated heterocycles. The smallest absolute Gasteiger partial charge is 0.334 e. The zero-order valence-electron chi connectivity index (χ0n) is 9.94. The zero-order chi connectivity index (χ0) is 14.4. The molecule has 19 heavy (non-hydrogen) atoms. The first kappa shape index (κ1) is 16.0. The normalized spacial score (nSPS) is 11.7. The number of carboxylic acid groups (broad SMARTS) is 1. The van der Waals surface area contributed by atoms with Crippen LogP contribution in [0.15, 0.2) is 18.2 Å². The summed E-state index contributed by atoms with van der Waals surface area (Å²) in [7, 11) is 1.26. The maximum atomic E-state index is 11.6. The van der Waals surface area contributed by atoms with Crippen LogP contribution in [-0.4, -0.2) is 36.9 Å². The number of carbonyl (C=O) groups is 2. The Balaban J connectivity index is 2.53. The first-order valence-corrected chi connectivity index (χ1v) is 6.65. The van der Waals surface area contributed by atoms with Gasteiger partial charge < -0.3 is 20.5 Å². The summed E-state index contributed by atoms with van der Waals surface area (Å²) in [5.74, 6) is -1.14. The van der Waals surface area contributed by atoms with Crippen molar-refractivity contribution in [2.45, 2.75) is 6.10 Å². The molecule has 8 heteroatoms. The van der Waals surface area contributed by atoms with Gasteiger partial charge in [-0.1, -0.05) is 11.6 Å². The van der Waals surface area contributed by atoms with Crippen LogP contribution in [0.4, 0.5) is 10.5 Å². The number of aliphatic carboxylic acids is 1. The lowest BCUT2D eigenvalue weighted by atomic mass is 10.3. The number of urea groups is 1. The van der Waals surface area contributed by atoms with Crippen LogP contribution < -0.4 is 10.6 Å². The number of halogens is 2. The number of anilines is 1. The van der Waals surface area contributed by atoms with E-state index in [1.807, 2.05) is 22.6 Å². The Hall–Kier alpha value is -1.06. The maximum absolute atomic E-state index is 11.6. The van der Waals surface area contributed by atoms with Gasteiger partial charge in [0, 0.05) is 15.7 Å². The zero-order valence-corrected chi connectivity index (χ0v) is 12.9. The van der Waals surface area contributed by atoms with E-state index >= 15 is 0 Å². The fourth-order valence-electron chi connectivity index (χ4n) is 1.21. The van der Waals surface area contributed by atoms with Gasteiger partial charge in [0.25, 0.3) is 0 Å². The molecular formula is C11H12ClIN2O4. The van der Waals surface area contributed by atoms with Crippen molar-refractivity contribution >= 4 is 51.9 Å². The number of methoxy groups -OCH3 is 1. The highest BCUT2D eigenvalue weighted by atomic mass is 127. The molecule has 2 amide bonds. The molecule has 3 N–H and O–H groups in total. The Morgan fingerprint density at radius 3 is 2.74 bits per heavy atom. The third-order valence-electron chi connectivity index (χ3n) is 2.19. The number of carbonyl (C=O) groups excluding carboxylic acids is 1. The van der Waals surface area contributed by atoms with E-state index in [4.69, 9.17) is 21.4 Å². The van der Waals surface area contributed by atoms with E-state index < -0.39 is 18.1 Å². The molecule has 0 aromatic heterocycles. The highest BCUT2D eigenvalue weighted by Crippen LogP contribution is 2.22. The van der Waals surface area contributed by atoms with Crippen molar-refractivity contribution < 1.29 is 19.4 Å². The Bertz CT molecular complexity index is 484. The molecular weight excluding hydrogens is 386 g/mol. The molecule has 0 radical (unpaired) electrons. The van der Waals surface area contributed by atoms with Crippen molar-refractivity contribution in [2.24, 2.45) is 0 Å². The summed E-state index contributed by atoms with van der Waals surface area (Å²) in [4.78, 5) is 22.3. The average Bonchev–Trinajstić information content (AvgIpc) is 2.33. The summed E-state index contributed by atoms with van der Waals surface area (Å²) in [6.45, 7) is -0.123. The molecule has 1 aromatic carbocycles. The second-order valence-electron chi connectivity index (χ2n) is 3.52. The van der Waals surface area contributed by atoms with Gasteiger partial charge in [-0.2, -0.15) is 0 Å². The molecule has 0 bridgehead atoms. The molecule has 1 atom stereocenters. The minimum atomic E-state index is -1.14. The van der Waals surface area contributed by atoms with Crippen LogP contribution in [0.25, 0.3) is 0 Å². The predicted molar refractivity (Wildman–Crippen MR) is 79.6 cm³/mol. The molecule has 1 unspecified atom stereocenters. The van der Waals surface area contributed by atoms with E-state index in [0.29, 0.717) is 10.7 Å². The summed E-state index contributed by atoms with van der Waals surface area (Å²) in [6.07, 6.45) is -1.07. The predicted octanol–water partition coefficient (Wildman–Crippen LogP) is 2.17. The first-order chi connectivity index (χ1) is 8.93. The summed E-state index contributed by atoms with van der Waals surface area (Å²) in [5, 5.41) is 14.3. The highest BCUT2D eigenvalue weighted by molar-refractivity contribution is 14.1. The van der Waals surface area contributed by atoms with Gasteiger partial charge in [0.2, 0.25) is 0 Å². The van der Waals surface area contributed by atoms with Crippen LogP contribution >= 0.6 is 34.2 Å². The van der Waals surface area contributed by atoms with Gasteiger partial charge in [-0.05, 0) is 40.8 Å². The van der Waals surface area contributed by atoms with Gasteiger partial charge in [-0.3, -0.25) is 0 Å². The topological polar surface area (TPSA) is 87.7 Å². The number of hydrogen-bond donors (Lipinski definition) is 3. The van der Waals surface area contributed by atoms with Gasteiger partial charge in [0.05, 0.1) is 12.2 Å². The monoisotopic (exact) mass is 398 g/mol. The van der Waals surface area contributed by atoms with Crippen molar-refractivity contribution in [2.75, 3.05) is 19.0 Å². The van der Waals surface area contributed by atoms with Crippen molar-refractivity contribution in [3.63, 3.8) is 0 Å². The number of amides is 2. The Morgan fingerprint density at radius 1 is 1.53 bits per heavy atom. The van der Waals surface area contributed by atoms with Gasteiger partial charge >= 0.3 is 12.0 Å². The van der Waals surface area contributed by atoms with E-state index in [1.165, 1.54) is 7.11 Å². The molecule has 0 saturated carbocycles. The fraction of sp³-hybridized carbons (Fsp3) is 0.273. The summed E-state index contributed by atoms with van der Waals surface area (Å²) < 4.78 is 5.47. The van der Waals surface area contributed by atoms with Crippen LogP contribution in [0.2, 0.25) is 5.02 Å². The fourth-order valence-corrected chi connectivity index (χ4v) is 2.22. The Labute approximate surface area is 128 Å². The Kier molecular flexibility index (Phi) is 6.32. The van der Waals surface area contributed by atoms with E-state index in [-0.39, 0.29) is 6.54 Å². The summed E-state index contributed by atoms with van der Waals surface area (Å²) >= 11 is 7.83. The molecule has 0 fully saturated rings. The van der Waals surface area contributed by atoms with Crippen molar-refractivity contribution in [1.82, 2.24) is 5.32 Å². The van der Waals surface area contributed by atoms with Crippen LogP contribution in [-0.2, 0) is 9.53 Å². The lowest BCUT2D eigenvalue weighted by Gasteiger charge is -2.13. The van der Waals surface area contributed by atoms with Crippen molar-refractivity contribution in [3.05, 3.63) is 26.8 Å². The van der Waals surface area contributed by atoms with Crippen LogP contribution in [0, 0.1) is 3.57 Å². The number of carboxylic acids is 1. The number of nitrogens with one attached hydrogen (secondary N) is 2. The van der Waals surface area contributed by atoms with Crippen LogP contribution in [0.1, 0.15) is 0 Å². The summed E-state index contributed by atoms with van der Waals surface area (Å²) in [6, 6.07) is 4.50. The lowest BCUT2D eigenvalue weighted by molar-refractivity contribution is -0.147. The van der Waals surface area contributed by atoms with E-state index in [1.54, 1.807) is 18.2 Å². The SMILES string of the molecule is COC(CNC(=O)Nc1ccc(Cl)cc1I)C(=O)O. The van der Waals surface area contributed by atoms with E-state index in [2.05, 4.69) is 10.6 Å². The highest BCUT2D eigenvalue weighted by Gasteiger charge is 2.17. The molecule has 0 aliphatic heterocycles. The molecule has 1 aromatic rings. The standard InChI is InChI=1S/C11H12ClIN2O4/c1-19-9(10(16)17)5-14-11(18)15-8-3-2-6(12)4-7(8)13/h2-4,9H,5H2,1H3,(H,16,17)(H2,14,15,18). The lowest BCUT2D eigenvalue weighted by Crippen LogP contribution is -2.39. The number of hydrogen-bond acceptors (Lipinski definition) is 3. The number of ether oxygens (including phenoxy) is 1. The Morgan fingerprint density at radius 2 is 2.21 bits per heavy atom. The molecule has 1 rings (SSSR count).